The minimum absolute atomic E-state index is 0.247. The van der Waals surface area contributed by atoms with Gasteiger partial charge in [-0.25, -0.2) is 14.6 Å². The Morgan fingerprint density at radius 1 is 1.15 bits per heavy atom. The van der Waals surface area contributed by atoms with Crippen LogP contribution in [0.15, 0.2) is 42.9 Å². The molecule has 0 amide bonds. The SMILES string of the molecule is Cc1c(-c2ccc3nc(C(C)(C)O)cn3c2)nnn1-c1cccnc1F. The van der Waals surface area contributed by atoms with Crippen LogP contribution < -0.4 is 0 Å². The zero-order valence-corrected chi connectivity index (χ0v) is 14.5. The lowest BCUT2D eigenvalue weighted by Gasteiger charge is -2.12. The number of imidazole rings is 1. The van der Waals surface area contributed by atoms with Crippen molar-refractivity contribution in [2.45, 2.75) is 26.4 Å². The van der Waals surface area contributed by atoms with Gasteiger partial charge in [-0.05, 0) is 45.0 Å². The normalized spacial score (nSPS) is 12.0. The summed E-state index contributed by atoms with van der Waals surface area (Å²) in [5.74, 6) is -0.605. The molecule has 0 spiro atoms. The fourth-order valence-electron chi connectivity index (χ4n) is 2.79. The van der Waals surface area contributed by atoms with Crippen LogP contribution in [0.5, 0.6) is 0 Å². The van der Waals surface area contributed by atoms with Crippen molar-refractivity contribution in [1.29, 1.82) is 0 Å². The Morgan fingerprint density at radius 3 is 2.69 bits per heavy atom. The zero-order valence-electron chi connectivity index (χ0n) is 14.5. The molecule has 0 aromatic carbocycles. The third-order valence-electron chi connectivity index (χ3n) is 4.21. The third-order valence-corrected chi connectivity index (χ3v) is 4.21. The van der Waals surface area contributed by atoms with Crippen molar-refractivity contribution in [3.05, 3.63) is 60.2 Å². The molecule has 4 rings (SSSR count). The molecular weight excluding hydrogens is 335 g/mol. The molecule has 1 N–H and O–H groups in total. The molecule has 0 radical (unpaired) electrons. The van der Waals surface area contributed by atoms with Crippen LogP contribution in [0.25, 0.3) is 22.6 Å². The number of pyridine rings is 2. The number of nitrogens with zero attached hydrogens (tertiary/aromatic N) is 6. The highest BCUT2D eigenvalue weighted by molar-refractivity contribution is 5.63. The van der Waals surface area contributed by atoms with Gasteiger partial charge in [0.15, 0.2) is 0 Å². The summed E-state index contributed by atoms with van der Waals surface area (Å²) < 4.78 is 17.2. The van der Waals surface area contributed by atoms with Gasteiger partial charge < -0.3 is 9.51 Å². The highest BCUT2D eigenvalue weighted by Gasteiger charge is 2.20. The summed E-state index contributed by atoms with van der Waals surface area (Å²) >= 11 is 0. The number of halogens is 1. The van der Waals surface area contributed by atoms with Crippen molar-refractivity contribution >= 4 is 5.65 Å². The van der Waals surface area contributed by atoms with Crippen molar-refractivity contribution < 1.29 is 9.50 Å². The van der Waals surface area contributed by atoms with E-state index >= 15 is 0 Å². The van der Waals surface area contributed by atoms with Gasteiger partial charge in [0.05, 0.1) is 11.4 Å². The van der Waals surface area contributed by atoms with Crippen LogP contribution in [0.4, 0.5) is 4.39 Å². The maximum Gasteiger partial charge on any atom is 0.238 e. The van der Waals surface area contributed by atoms with E-state index in [0.29, 0.717) is 22.7 Å². The van der Waals surface area contributed by atoms with Crippen LogP contribution in [0.2, 0.25) is 0 Å². The maximum absolute atomic E-state index is 14.0. The summed E-state index contributed by atoms with van der Waals surface area (Å²) in [7, 11) is 0. The van der Waals surface area contributed by atoms with Gasteiger partial charge in [-0.2, -0.15) is 4.39 Å². The highest BCUT2D eigenvalue weighted by Crippen LogP contribution is 2.25. The number of rotatable bonds is 3. The molecule has 0 fully saturated rings. The van der Waals surface area contributed by atoms with E-state index in [-0.39, 0.29) is 5.69 Å². The van der Waals surface area contributed by atoms with E-state index in [4.69, 9.17) is 0 Å². The Hall–Kier alpha value is -3.13. The van der Waals surface area contributed by atoms with Crippen molar-refractivity contribution in [2.75, 3.05) is 0 Å². The van der Waals surface area contributed by atoms with Crippen LogP contribution in [0.1, 0.15) is 25.2 Å². The first kappa shape index (κ1) is 16.3. The van der Waals surface area contributed by atoms with Crippen LogP contribution in [-0.4, -0.2) is 34.5 Å². The summed E-state index contributed by atoms with van der Waals surface area (Å²) in [4.78, 5) is 8.07. The Kier molecular flexibility index (Phi) is 3.58. The van der Waals surface area contributed by atoms with Crippen LogP contribution in [-0.2, 0) is 5.60 Å². The Labute approximate surface area is 148 Å². The van der Waals surface area contributed by atoms with E-state index in [0.717, 1.165) is 5.56 Å². The number of fused-ring (bicyclic) bond motifs is 1. The summed E-state index contributed by atoms with van der Waals surface area (Å²) in [5, 5.41) is 18.4. The number of hydrogen-bond donors (Lipinski definition) is 1. The predicted octanol–water partition coefficient (Wildman–Crippen LogP) is 2.65. The summed E-state index contributed by atoms with van der Waals surface area (Å²) in [6.07, 6.45) is 5.02. The molecule has 132 valence electrons. The lowest BCUT2D eigenvalue weighted by atomic mass is 10.1. The smallest absolute Gasteiger partial charge is 0.238 e. The summed E-state index contributed by atoms with van der Waals surface area (Å²) in [6, 6.07) is 6.96. The van der Waals surface area contributed by atoms with Gasteiger partial charge in [-0.1, -0.05) is 5.21 Å². The lowest BCUT2D eigenvalue weighted by Crippen LogP contribution is -2.15. The van der Waals surface area contributed by atoms with Gasteiger partial charge in [0.2, 0.25) is 5.95 Å². The van der Waals surface area contributed by atoms with Crippen LogP contribution >= 0.6 is 0 Å². The van der Waals surface area contributed by atoms with E-state index in [9.17, 15) is 9.50 Å². The van der Waals surface area contributed by atoms with Gasteiger partial charge in [-0.15, -0.1) is 5.10 Å². The molecule has 8 heteroatoms. The van der Waals surface area contributed by atoms with Gasteiger partial charge in [0.25, 0.3) is 0 Å². The lowest BCUT2D eigenvalue weighted by molar-refractivity contribution is 0.0744. The first-order valence-electron chi connectivity index (χ1n) is 8.10. The Balaban J connectivity index is 1.80. The van der Waals surface area contributed by atoms with E-state index in [1.165, 1.54) is 10.9 Å². The fraction of sp³-hybridized carbons (Fsp3) is 0.222. The first-order chi connectivity index (χ1) is 12.3. The highest BCUT2D eigenvalue weighted by atomic mass is 19.1. The molecular formula is C18H17FN6O. The molecule has 0 saturated heterocycles. The van der Waals surface area contributed by atoms with Crippen molar-refractivity contribution in [2.24, 2.45) is 0 Å². The summed E-state index contributed by atoms with van der Waals surface area (Å²) in [6.45, 7) is 5.20. The van der Waals surface area contributed by atoms with Crippen molar-refractivity contribution in [1.82, 2.24) is 29.4 Å². The van der Waals surface area contributed by atoms with E-state index in [1.54, 1.807) is 32.2 Å². The fourth-order valence-corrected chi connectivity index (χ4v) is 2.79. The molecule has 0 bridgehead atoms. The van der Waals surface area contributed by atoms with E-state index in [1.807, 2.05) is 29.7 Å². The molecule has 0 atom stereocenters. The molecule has 0 unspecified atom stereocenters. The third kappa shape index (κ3) is 2.64. The van der Waals surface area contributed by atoms with Gasteiger partial charge in [0.1, 0.15) is 22.6 Å². The zero-order chi connectivity index (χ0) is 18.5. The average molecular weight is 352 g/mol. The number of aromatic nitrogens is 6. The second kappa shape index (κ2) is 5.70. The molecule has 4 aromatic rings. The van der Waals surface area contributed by atoms with Gasteiger partial charge >= 0.3 is 0 Å². The second-order valence-electron chi connectivity index (χ2n) is 6.62. The molecule has 7 nitrogen and oxygen atoms in total. The monoisotopic (exact) mass is 352 g/mol. The van der Waals surface area contributed by atoms with Gasteiger partial charge in [-0.3, -0.25) is 0 Å². The molecule has 4 heterocycles. The minimum atomic E-state index is -1.02. The van der Waals surface area contributed by atoms with E-state index in [2.05, 4.69) is 20.3 Å². The molecule has 4 aromatic heterocycles. The van der Waals surface area contributed by atoms with Crippen molar-refractivity contribution in [3.63, 3.8) is 0 Å². The second-order valence-corrected chi connectivity index (χ2v) is 6.62. The average Bonchev–Trinajstić information content (AvgIpc) is 3.18. The van der Waals surface area contributed by atoms with Crippen LogP contribution in [0, 0.1) is 12.9 Å². The van der Waals surface area contributed by atoms with Gasteiger partial charge in [0, 0.05) is 24.2 Å². The molecule has 0 aliphatic rings. The number of aliphatic hydroxyl groups is 1. The van der Waals surface area contributed by atoms with Crippen LogP contribution in [0.3, 0.4) is 0 Å². The predicted molar refractivity (Wildman–Crippen MR) is 93.3 cm³/mol. The quantitative estimate of drug-likeness (QED) is 0.573. The Morgan fingerprint density at radius 2 is 1.96 bits per heavy atom. The summed E-state index contributed by atoms with van der Waals surface area (Å²) in [5.41, 5.74) is 2.65. The topological polar surface area (TPSA) is 81.1 Å². The maximum atomic E-state index is 14.0. The standard InChI is InChI=1S/C18H17FN6O/c1-11-16(22-23-25(11)13-5-4-8-20-17(13)19)12-6-7-15-21-14(18(2,3)26)10-24(15)9-12/h4-10,26H,1-3H3. The largest absolute Gasteiger partial charge is 0.384 e. The Bertz CT molecular complexity index is 1110. The minimum Gasteiger partial charge on any atom is -0.384 e. The van der Waals surface area contributed by atoms with Crippen molar-refractivity contribution in [3.8, 4) is 16.9 Å². The molecule has 0 saturated carbocycles. The molecule has 0 aliphatic carbocycles. The van der Waals surface area contributed by atoms with E-state index < -0.39 is 11.5 Å². The first-order valence-corrected chi connectivity index (χ1v) is 8.10. The number of hydrogen-bond acceptors (Lipinski definition) is 5. The molecule has 26 heavy (non-hydrogen) atoms. The molecule has 0 aliphatic heterocycles.